The number of aromatic nitrogens is 3. The quantitative estimate of drug-likeness (QED) is 0.119. The largest absolute Gasteiger partial charge is 1.00 e. The van der Waals surface area contributed by atoms with Crippen molar-refractivity contribution in [3.63, 3.8) is 0 Å². The smallest absolute Gasteiger partial charge is 0.870 e. The summed E-state index contributed by atoms with van der Waals surface area (Å²) in [6, 6.07) is 13.8. The first kappa shape index (κ1) is 57.3. The number of carbonyl (C=O) groups is 3. The van der Waals surface area contributed by atoms with E-state index in [1.807, 2.05) is 119 Å². The molecule has 0 saturated heterocycles. The number of ketones is 1. The molecule has 64 heavy (non-hydrogen) atoms. The van der Waals surface area contributed by atoms with E-state index < -0.39 is 11.2 Å². The van der Waals surface area contributed by atoms with Gasteiger partial charge in [0.1, 0.15) is 22.7 Å². The molecule has 15 nitrogen and oxygen atoms in total. The molecule has 0 saturated carbocycles. The predicted octanol–water partition coefficient (Wildman–Crippen LogP) is 7.47. The molecule has 4 heterocycles. The normalized spacial score (nSPS) is 16.3. The first-order valence-electron chi connectivity index (χ1n) is 20.6. The van der Waals surface area contributed by atoms with Gasteiger partial charge < -0.3 is 44.3 Å². The summed E-state index contributed by atoms with van der Waals surface area (Å²) in [6.45, 7) is 25.2. The van der Waals surface area contributed by atoms with Crippen LogP contribution in [0.4, 0.5) is 9.59 Å². The first-order chi connectivity index (χ1) is 28.6. The fraction of sp³-hybridized carbons (Fsp3) is 0.543. The molecule has 346 valence electrons. The van der Waals surface area contributed by atoms with Crippen LogP contribution in [-0.2, 0) is 38.2 Å². The van der Waals surface area contributed by atoms with Crippen LogP contribution in [0.2, 0.25) is 0 Å². The van der Waals surface area contributed by atoms with E-state index >= 15 is 0 Å². The average molecular weight is 1040 g/mol. The van der Waals surface area contributed by atoms with Crippen molar-refractivity contribution in [2.24, 2.45) is 5.73 Å². The molecule has 0 bridgehead atoms. The van der Waals surface area contributed by atoms with Crippen molar-refractivity contribution in [2.45, 2.75) is 149 Å². The molecule has 2 aliphatic rings. The van der Waals surface area contributed by atoms with Gasteiger partial charge in [-0.25, -0.2) is 14.6 Å². The number of fused-ring (bicyclic) bond motifs is 2. The number of rotatable bonds is 4. The zero-order chi connectivity index (χ0) is 46.4. The monoisotopic (exact) mass is 1040 g/mol. The summed E-state index contributed by atoms with van der Waals surface area (Å²) in [4.78, 5) is 55.2. The summed E-state index contributed by atoms with van der Waals surface area (Å²) in [5.74, 6) is 1.06. The van der Waals surface area contributed by atoms with Crippen LogP contribution >= 0.6 is 31.9 Å². The third-order valence-electron chi connectivity index (χ3n) is 9.66. The molecule has 0 fully saturated rings. The van der Waals surface area contributed by atoms with Gasteiger partial charge in [-0.2, -0.15) is 6.29 Å². The molecular formula is C46H62Br2KN6O9-. The van der Waals surface area contributed by atoms with E-state index in [-0.39, 0.29) is 103 Å². The zero-order valence-corrected chi connectivity index (χ0v) is 45.7. The number of ether oxygens (including phenoxy) is 2. The van der Waals surface area contributed by atoms with E-state index in [1.165, 1.54) is 0 Å². The Kier molecular flexibility index (Phi) is 21.3. The van der Waals surface area contributed by atoms with Gasteiger partial charge in [0.25, 0.3) is 0 Å². The third kappa shape index (κ3) is 17.4. The van der Waals surface area contributed by atoms with Crippen molar-refractivity contribution in [1.82, 2.24) is 25.1 Å². The molecule has 2 atom stereocenters. The molecule has 0 radical (unpaired) electrons. The van der Waals surface area contributed by atoms with Crippen LogP contribution in [0.15, 0.2) is 60.5 Å². The van der Waals surface area contributed by atoms with Gasteiger partial charge in [0.2, 0.25) is 5.89 Å². The average Bonchev–Trinajstić information content (AvgIpc) is 3.79. The topological polar surface area (TPSA) is 214 Å². The Hall–Kier alpha value is -2.81. The second-order valence-corrected chi connectivity index (χ2v) is 21.4. The van der Waals surface area contributed by atoms with Crippen LogP contribution in [0, 0.1) is 0 Å². The predicted molar refractivity (Wildman–Crippen MR) is 244 cm³/mol. The maximum Gasteiger partial charge on any atom is 1.00 e. The van der Waals surface area contributed by atoms with Gasteiger partial charge >= 0.3 is 63.6 Å². The fourth-order valence-electron chi connectivity index (χ4n) is 6.50. The Morgan fingerprint density at radius 2 is 1.25 bits per heavy atom. The minimum Gasteiger partial charge on any atom is -0.870 e. The van der Waals surface area contributed by atoms with E-state index in [9.17, 15) is 19.2 Å². The van der Waals surface area contributed by atoms with Crippen LogP contribution in [0.5, 0.6) is 0 Å². The molecule has 2 aliphatic heterocycles. The minimum absolute atomic E-state index is 0. The van der Waals surface area contributed by atoms with Crippen molar-refractivity contribution < 1.29 is 94.6 Å². The zero-order valence-electron chi connectivity index (χ0n) is 39.4. The SMILES string of the molecule is CC(C)(C)OC(=O)N1CCC(CC(=O)c2cc(C(C)(C)C)on2)c2ccc(Br)cc2C1.CC(C)(C)OC(=O)N1CCC(N)c2ccc(Br)cc2C1.CC(C)(C)c1nc([C-]=O)no1.[K+].[OH-]. The molecule has 18 heteroatoms. The minimum atomic E-state index is -0.559. The Bertz CT molecular complexity index is 2200. The van der Waals surface area contributed by atoms with E-state index in [0.717, 1.165) is 37.6 Å². The van der Waals surface area contributed by atoms with E-state index in [1.54, 1.807) is 22.2 Å². The van der Waals surface area contributed by atoms with Crippen LogP contribution < -0.4 is 57.1 Å². The first-order valence-corrected chi connectivity index (χ1v) is 22.2. The van der Waals surface area contributed by atoms with Gasteiger partial charge in [0.05, 0.1) is 5.82 Å². The van der Waals surface area contributed by atoms with Crippen molar-refractivity contribution >= 4 is 56.1 Å². The van der Waals surface area contributed by atoms with Gasteiger partial charge in [0, 0.05) is 64.5 Å². The second kappa shape index (κ2) is 23.8. The fourth-order valence-corrected chi connectivity index (χ4v) is 7.32. The number of halogens is 2. The van der Waals surface area contributed by atoms with Crippen LogP contribution in [0.25, 0.3) is 0 Å². The maximum absolute atomic E-state index is 13.0. The summed E-state index contributed by atoms with van der Waals surface area (Å²) in [5, 5.41) is 7.40. The number of nitrogens with two attached hydrogens (primary N) is 1. The van der Waals surface area contributed by atoms with Gasteiger partial charge in [0.15, 0.2) is 5.78 Å². The van der Waals surface area contributed by atoms with Crippen molar-refractivity contribution in [3.05, 3.63) is 96.8 Å². The Morgan fingerprint density at radius 1 is 0.750 bits per heavy atom. The molecule has 0 spiro atoms. The Morgan fingerprint density at radius 3 is 1.69 bits per heavy atom. The second-order valence-electron chi connectivity index (χ2n) is 19.6. The molecular weight excluding hydrogens is 979 g/mol. The molecule has 2 aromatic heterocycles. The third-order valence-corrected chi connectivity index (χ3v) is 10.6. The molecule has 2 unspecified atom stereocenters. The van der Waals surface area contributed by atoms with Crippen LogP contribution in [0.1, 0.15) is 165 Å². The number of benzene rings is 2. The maximum atomic E-state index is 13.0. The summed E-state index contributed by atoms with van der Waals surface area (Å²) in [7, 11) is 0. The standard InChI is InChI=1S/C24H31BrN2O4.C15H21BrN2O2.C7H9N2O2.K.H2O/c1-23(2,3)21-13-19(26-31-21)20(28)12-15-9-10-27(22(29)30-24(4,5)6)14-16-11-17(25)7-8-18(15)16;1-15(2,3)20-14(19)18-7-6-13(17)12-5-4-11(16)8-10(12)9-18;1-7(2,3)6-8-5(4-10)9-11-6;;/h7-8,11,13,15H,9-10,12,14H2,1-6H3;4-5,8,13H,6-7,9,17H2,1-3H3;1-3H3;;1H2/q;;-1;+1;/p-1. The summed E-state index contributed by atoms with van der Waals surface area (Å²) < 4.78 is 23.2. The van der Waals surface area contributed by atoms with Crippen molar-refractivity contribution in [3.8, 4) is 0 Å². The number of nitrogens with zero attached hydrogens (tertiary/aromatic N) is 5. The molecule has 4 aromatic rings. The van der Waals surface area contributed by atoms with Crippen LogP contribution in [-0.4, -0.2) is 79.1 Å². The molecule has 6 rings (SSSR count). The van der Waals surface area contributed by atoms with Gasteiger partial charge in [-0.1, -0.05) is 95.8 Å². The molecule has 2 aromatic carbocycles. The molecule has 3 N–H and O–H groups in total. The summed E-state index contributed by atoms with van der Waals surface area (Å²) in [5.41, 5.74) is 9.39. The molecule has 0 aliphatic carbocycles. The molecule has 2 amide bonds. The number of amides is 2. The Labute approximate surface area is 436 Å². The van der Waals surface area contributed by atoms with Gasteiger partial charge in [-0.3, -0.25) is 4.79 Å². The van der Waals surface area contributed by atoms with Gasteiger partial charge in [-0.05, 0) is 107 Å². The van der Waals surface area contributed by atoms with E-state index in [2.05, 4.69) is 47.2 Å². The number of Topliss-reactive ketones (excluding diaryl/α,β-unsaturated/α-hetero) is 1. The van der Waals surface area contributed by atoms with Crippen LogP contribution in [0.3, 0.4) is 0 Å². The number of carbonyl (C=O) groups excluding carboxylic acids is 4. The Balaban J connectivity index is 0.000000365. The van der Waals surface area contributed by atoms with Crippen molar-refractivity contribution in [2.75, 3.05) is 13.1 Å². The van der Waals surface area contributed by atoms with Gasteiger partial charge in [-0.15, -0.1) is 0 Å². The van der Waals surface area contributed by atoms with E-state index in [0.29, 0.717) is 56.4 Å². The van der Waals surface area contributed by atoms with E-state index in [4.69, 9.17) is 24.3 Å². The number of hydrogen-bond acceptors (Lipinski definition) is 13. The van der Waals surface area contributed by atoms with Crippen molar-refractivity contribution in [1.29, 1.82) is 0 Å². The summed E-state index contributed by atoms with van der Waals surface area (Å²) >= 11 is 6.99. The number of hydrogen-bond donors (Lipinski definition) is 1. The summed E-state index contributed by atoms with van der Waals surface area (Å²) in [6.07, 6.45) is 2.66.